The summed E-state index contributed by atoms with van der Waals surface area (Å²) in [6.07, 6.45) is 0.541. The number of carbonyl (C=O) groups is 3. The van der Waals surface area contributed by atoms with E-state index in [1.165, 1.54) is 39.5 Å². The van der Waals surface area contributed by atoms with Crippen molar-refractivity contribution >= 4 is 30.8 Å². The molecular weight excluding hydrogens is 574 g/mol. The van der Waals surface area contributed by atoms with Gasteiger partial charge in [0.25, 0.3) is 0 Å². The lowest BCUT2D eigenvalue weighted by atomic mass is 9.76. The molecule has 0 aliphatic carbocycles. The largest absolute Gasteiger partial charge is 0.497 e. The van der Waals surface area contributed by atoms with Gasteiger partial charge >= 0.3 is 19.1 Å². The Labute approximate surface area is 255 Å². The zero-order valence-corrected chi connectivity index (χ0v) is 25.6. The molecule has 3 aromatic rings. The molecule has 1 aliphatic heterocycles. The molecule has 1 fully saturated rings. The summed E-state index contributed by atoms with van der Waals surface area (Å²) in [7, 11) is 3.15. The minimum absolute atomic E-state index is 0.0148. The van der Waals surface area contributed by atoms with Crippen molar-refractivity contribution in [3.05, 3.63) is 71.0 Å². The monoisotopic (exact) mass is 608 g/mol. The molecule has 4 rings (SSSR count). The van der Waals surface area contributed by atoms with E-state index in [1.807, 2.05) is 27.7 Å². The number of hydrogen-bond donors (Lipinski definition) is 0. The van der Waals surface area contributed by atoms with Crippen molar-refractivity contribution in [2.75, 3.05) is 34.5 Å². The van der Waals surface area contributed by atoms with Gasteiger partial charge in [-0.2, -0.15) is 0 Å². The molecule has 1 aliphatic rings. The van der Waals surface area contributed by atoms with Gasteiger partial charge in [-0.25, -0.2) is 14.0 Å². The molecule has 3 aromatic carbocycles. The van der Waals surface area contributed by atoms with Crippen LogP contribution < -0.4 is 19.7 Å². The zero-order chi connectivity index (χ0) is 32.2. The van der Waals surface area contributed by atoms with Crippen LogP contribution in [-0.4, -0.2) is 71.1 Å². The molecule has 0 unspecified atom stereocenters. The SMILES string of the molecule is COC(=O)c1cc(OCCOc2cc(C=O)c(-c3ccc(OC)cc3C(=O)OC)cc2F)ccc1B1OC(C)(C)C(C)(C)O1. The van der Waals surface area contributed by atoms with E-state index in [4.69, 9.17) is 33.0 Å². The van der Waals surface area contributed by atoms with Crippen molar-refractivity contribution in [3.8, 4) is 28.4 Å². The van der Waals surface area contributed by atoms with Gasteiger partial charge in [-0.15, -0.1) is 0 Å². The summed E-state index contributed by atoms with van der Waals surface area (Å²) in [6.45, 7) is 7.55. The second-order valence-electron chi connectivity index (χ2n) is 10.9. The molecule has 0 amide bonds. The van der Waals surface area contributed by atoms with E-state index in [9.17, 15) is 14.4 Å². The summed E-state index contributed by atoms with van der Waals surface area (Å²) >= 11 is 0. The normalized spacial score (nSPS) is 15.0. The van der Waals surface area contributed by atoms with Crippen LogP contribution in [0.15, 0.2) is 48.5 Å². The van der Waals surface area contributed by atoms with Crippen molar-refractivity contribution in [1.82, 2.24) is 0 Å². The molecule has 0 atom stereocenters. The molecule has 0 saturated carbocycles. The molecule has 1 heterocycles. The van der Waals surface area contributed by atoms with Gasteiger partial charge in [0.1, 0.15) is 24.7 Å². The maximum atomic E-state index is 15.1. The van der Waals surface area contributed by atoms with Crippen LogP contribution in [0, 0.1) is 5.82 Å². The predicted molar refractivity (Wildman–Crippen MR) is 160 cm³/mol. The lowest BCUT2D eigenvalue weighted by Crippen LogP contribution is -2.41. The molecule has 0 radical (unpaired) electrons. The van der Waals surface area contributed by atoms with Crippen LogP contribution in [0.25, 0.3) is 11.1 Å². The van der Waals surface area contributed by atoms with Gasteiger partial charge in [-0.1, -0.05) is 6.07 Å². The quantitative estimate of drug-likeness (QED) is 0.132. The molecule has 10 nitrogen and oxygen atoms in total. The third kappa shape index (κ3) is 6.56. The highest BCUT2D eigenvalue weighted by atomic mass is 19.1. The Hall–Kier alpha value is -4.42. The highest BCUT2D eigenvalue weighted by molar-refractivity contribution is 6.63. The Morgan fingerprint density at radius 2 is 1.39 bits per heavy atom. The van der Waals surface area contributed by atoms with Gasteiger partial charge in [0.2, 0.25) is 0 Å². The lowest BCUT2D eigenvalue weighted by molar-refractivity contribution is 0.00578. The van der Waals surface area contributed by atoms with Crippen molar-refractivity contribution in [2.24, 2.45) is 0 Å². The number of rotatable bonds is 11. The van der Waals surface area contributed by atoms with Crippen LogP contribution in [0.3, 0.4) is 0 Å². The highest BCUT2D eigenvalue weighted by Gasteiger charge is 2.52. The number of benzene rings is 3. The summed E-state index contributed by atoms with van der Waals surface area (Å²) in [5.41, 5.74) is 0.174. The van der Waals surface area contributed by atoms with Crippen molar-refractivity contribution in [2.45, 2.75) is 38.9 Å². The Balaban J connectivity index is 1.49. The Kier molecular flexibility index (Phi) is 9.65. The third-order valence-corrected chi connectivity index (χ3v) is 7.70. The first-order valence-corrected chi connectivity index (χ1v) is 13.7. The van der Waals surface area contributed by atoms with Crippen LogP contribution >= 0.6 is 0 Å². The smallest absolute Gasteiger partial charge is 0.495 e. The van der Waals surface area contributed by atoms with Gasteiger partial charge < -0.3 is 33.0 Å². The van der Waals surface area contributed by atoms with Gasteiger partial charge in [-0.3, -0.25) is 4.79 Å². The maximum absolute atomic E-state index is 15.1. The van der Waals surface area contributed by atoms with E-state index in [2.05, 4.69) is 0 Å². The molecular formula is C32H34BFO10. The summed E-state index contributed by atoms with van der Waals surface area (Å²) < 4.78 is 53.7. The molecule has 0 N–H and O–H groups in total. The number of carbonyl (C=O) groups excluding carboxylic acids is 3. The van der Waals surface area contributed by atoms with Crippen LogP contribution in [0.5, 0.6) is 17.2 Å². The fraction of sp³-hybridized carbons (Fsp3) is 0.344. The molecule has 232 valence electrons. The van der Waals surface area contributed by atoms with Crippen LogP contribution in [0.4, 0.5) is 4.39 Å². The number of halogens is 1. The highest BCUT2D eigenvalue weighted by Crippen LogP contribution is 2.37. The third-order valence-electron chi connectivity index (χ3n) is 7.70. The van der Waals surface area contributed by atoms with Gasteiger partial charge in [0.15, 0.2) is 17.9 Å². The second kappa shape index (κ2) is 13.1. The maximum Gasteiger partial charge on any atom is 0.495 e. The number of aldehydes is 1. The minimum atomic E-state index is -0.786. The van der Waals surface area contributed by atoms with Crippen LogP contribution in [0.2, 0.25) is 0 Å². The molecule has 0 aromatic heterocycles. The summed E-state index contributed by atoms with van der Waals surface area (Å²) in [5, 5.41) is 0. The molecule has 0 bridgehead atoms. The van der Waals surface area contributed by atoms with E-state index in [0.717, 1.165) is 6.07 Å². The molecule has 0 spiro atoms. The van der Waals surface area contributed by atoms with Crippen molar-refractivity contribution in [3.63, 3.8) is 0 Å². The average molecular weight is 608 g/mol. The fourth-order valence-electron chi connectivity index (χ4n) is 4.57. The van der Waals surface area contributed by atoms with Gasteiger partial charge in [0.05, 0.1) is 43.7 Å². The molecule has 1 saturated heterocycles. The first kappa shape index (κ1) is 32.5. The van der Waals surface area contributed by atoms with E-state index in [1.54, 1.807) is 24.3 Å². The minimum Gasteiger partial charge on any atom is -0.497 e. The number of esters is 2. The predicted octanol–water partition coefficient (Wildman–Crippen LogP) is 4.64. The first-order valence-electron chi connectivity index (χ1n) is 13.7. The van der Waals surface area contributed by atoms with Crippen molar-refractivity contribution in [1.29, 1.82) is 0 Å². The first-order chi connectivity index (χ1) is 20.8. The van der Waals surface area contributed by atoms with Crippen LogP contribution in [0.1, 0.15) is 58.8 Å². The van der Waals surface area contributed by atoms with E-state index < -0.39 is 36.1 Å². The zero-order valence-electron chi connectivity index (χ0n) is 25.6. The van der Waals surface area contributed by atoms with E-state index in [0.29, 0.717) is 28.8 Å². The number of ether oxygens (including phenoxy) is 5. The Morgan fingerprint density at radius 1 is 0.795 bits per heavy atom. The average Bonchev–Trinajstić information content (AvgIpc) is 3.24. The molecule has 12 heteroatoms. The lowest BCUT2D eigenvalue weighted by Gasteiger charge is -2.32. The number of hydrogen-bond acceptors (Lipinski definition) is 10. The Bertz CT molecular complexity index is 1550. The standard InChI is InChI=1S/C32H34BFO10/c1-31(2)32(3,4)44-33(43-31)26-11-9-21(16-25(26)30(37)40-7)41-12-13-42-28-14-19(18-35)23(17-27(28)34)22-10-8-20(38-5)15-24(22)29(36)39-6/h8-11,14-18H,12-13H2,1-7H3. The topological polar surface area (TPSA) is 116 Å². The number of methoxy groups -OCH3 is 3. The van der Waals surface area contributed by atoms with E-state index >= 15 is 4.39 Å². The molecule has 44 heavy (non-hydrogen) atoms. The van der Waals surface area contributed by atoms with E-state index in [-0.39, 0.29) is 41.2 Å². The second-order valence-corrected chi connectivity index (χ2v) is 10.9. The van der Waals surface area contributed by atoms with Gasteiger partial charge in [-0.05, 0) is 86.7 Å². The fourth-order valence-corrected chi connectivity index (χ4v) is 4.57. The van der Waals surface area contributed by atoms with Crippen molar-refractivity contribution < 1.29 is 51.8 Å². The summed E-state index contributed by atoms with van der Waals surface area (Å²) in [4.78, 5) is 37.0. The Morgan fingerprint density at radius 3 is 2.00 bits per heavy atom. The summed E-state index contributed by atoms with van der Waals surface area (Å²) in [6, 6.07) is 11.8. The van der Waals surface area contributed by atoms with Crippen LogP contribution in [-0.2, 0) is 18.8 Å². The summed E-state index contributed by atoms with van der Waals surface area (Å²) in [5.74, 6) is -1.46. The van der Waals surface area contributed by atoms with Gasteiger partial charge in [0, 0.05) is 5.56 Å².